The quantitative estimate of drug-likeness (QED) is 0.804. The second-order valence-electron chi connectivity index (χ2n) is 4.51. The largest absolute Gasteiger partial charge is 0.497 e. The minimum atomic E-state index is -0.871. The van der Waals surface area contributed by atoms with Crippen LogP contribution in [0.3, 0.4) is 0 Å². The third-order valence-electron chi connectivity index (χ3n) is 2.83. The summed E-state index contributed by atoms with van der Waals surface area (Å²) in [6.45, 7) is 1.75. The molecule has 0 fully saturated rings. The maximum Gasteiger partial charge on any atom is 0.303 e. The number of hydrogen-bond acceptors (Lipinski definition) is 3. The second-order valence-corrected chi connectivity index (χ2v) is 4.51. The molecule has 2 N–H and O–H groups in total. The van der Waals surface area contributed by atoms with Crippen LogP contribution in [-0.2, 0) is 4.79 Å². The van der Waals surface area contributed by atoms with Crippen molar-refractivity contribution in [2.24, 2.45) is 0 Å². The molecule has 1 unspecified atom stereocenters. The van der Waals surface area contributed by atoms with Crippen LogP contribution < -0.4 is 10.1 Å². The first-order chi connectivity index (χ1) is 9.43. The monoisotopic (exact) mass is 283 g/mol. The maximum absolute atomic E-state index is 13.7. The van der Waals surface area contributed by atoms with Gasteiger partial charge in [0.05, 0.1) is 12.7 Å². The van der Waals surface area contributed by atoms with Gasteiger partial charge < -0.3 is 15.2 Å². The van der Waals surface area contributed by atoms with Gasteiger partial charge in [0, 0.05) is 18.5 Å². The number of carboxylic acids is 1. The Hall–Kier alpha value is -2.11. The molecule has 0 saturated carbocycles. The van der Waals surface area contributed by atoms with Crippen molar-refractivity contribution in [1.82, 2.24) is 5.32 Å². The molecule has 1 amide bonds. The van der Waals surface area contributed by atoms with Gasteiger partial charge in [0.25, 0.3) is 5.91 Å². The van der Waals surface area contributed by atoms with E-state index < -0.39 is 17.7 Å². The van der Waals surface area contributed by atoms with Gasteiger partial charge in [0.1, 0.15) is 11.6 Å². The Balaban J connectivity index is 2.55. The number of methoxy groups -OCH3 is 1. The zero-order valence-electron chi connectivity index (χ0n) is 11.5. The highest BCUT2D eigenvalue weighted by molar-refractivity contribution is 5.94. The lowest BCUT2D eigenvalue weighted by molar-refractivity contribution is -0.137. The number of amides is 1. The summed E-state index contributed by atoms with van der Waals surface area (Å²) in [4.78, 5) is 22.2. The van der Waals surface area contributed by atoms with Gasteiger partial charge in [0.15, 0.2) is 0 Å². The highest BCUT2D eigenvalue weighted by Crippen LogP contribution is 2.16. The van der Waals surface area contributed by atoms with Crippen molar-refractivity contribution < 1.29 is 23.8 Å². The Kier molecular flexibility index (Phi) is 5.96. The number of rotatable bonds is 7. The first kappa shape index (κ1) is 15.9. The smallest absolute Gasteiger partial charge is 0.303 e. The number of hydrogen-bond donors (Lipinski definition) is 2. The highest BCUT2D eigenvalue weighted by Gasteiger charge is 2.15. The molecule has 1 aromatic rings. The molecule has 6 heteroatoms. The molecule has 0 spiro atoms. The van der Waals surface area contributed by atoms with E-state index in [1.165, 1.54) is 19.2 Å². The Labute approximate surface area is 116 Å². The molecule has 5 nitrogen and oxygen atoms in total. The predicted octanol–water partition coefficient (Wildman–Crippen LogP) is 2.21. The fourth-order valence-electron chi connectivity index (χ4n) is 1.74. The molecular weight excluding hydrogens is 265 g/mol. The minimum Gasteiger partial charge on any atom is -0.497 e. The standard InChI is InChI=1S/C14H18FNO4/c1-9(4-3-5-13(17)18)16-14(19)11-7-6-10(20-2)8-12(11)15/h6-9H,3-5H2,1-2H3,(H,16,19)(H,17,18). The molecule has 0 heterocycles. The van der Waals surface area contributed by atoms with E-state index >= 15 is 0 Å². The van der Waals surface area contributed by atoms with Gasteiger partial charge >= 0.3 is 5.97 Å². The average Bonchev–Trinajstić information content (AvgIpc) is 2.37. The number of nitrogens with one attached hydrogen (secondary N) is 1. The van der Waals surface area contributed by atoms with E-state index in [1.807, 2.05) is 0 Å². The third-order valence-corrected chi connectivity index (χ3v) is 2.83. The first-order valence-corrected chi connectivity index (χ1v) is 6.30. The molecule has 0 aromatic heterocycles. The van der Waals surface area contributed by atoms with Crippen molar-refractivity contribution in [2.75, 3.05) is 7.11 Å². The lowest BCUT2D eigenvalue weighted by atomic mass is 10.1. The third kappa shape index (κ3) is 4.87. The minimum absolute atomic E-state index is 0.0527. The molecule has 0 aliphatic heterocycles. The van der Waals surface area contributed by atoms with E-state index in [9.17, 15) is 14.0 Å². The second kappa shape index (κ2) is 7.47. The molecule has 0 saturated heterocycles. The summed E-state index contributed by atoms with van der Waals surface area (Å²) in [7, 11) is 1.42. The van der Waals surface area contributed by atoms with Gasteiger partial charge in [-0.05, 0) is 31.9 Å². The van der Waals surface area contributed by atoms with Crippen LogP contribution >= 0.6 is 0 Å². The Bertz CT molecular complexity index is 490. The zero-order chi connectivity index (χ0) is 15.1. The van der Waals surface area contributed by atoms with Crippen LogP contribution in [0.5, 0.6) is 5.75 Å². The van der Waals surface area contributed by atoms with E-state index in [4.69, 9.17) is 9.84 Å². The number of carboxylic acid groups (broad SMARTS) is 1. The zero-order valence-corrected chi connectivity index (χ0v) is 11.5. The van der Waals surface area contributed by atoms with E-state index in [0.29, 0.717) is 18.6 Å². The van der Waals surface area contributed by atoms with E-state index in [0.717, 1.165) is 6.07 Å². The van der Waals surface area contributed by atoms with E-state index in [1.54, 1.807) is 6.92 Å². The van der Waals surface area contributed by atoms with E-state index in [2.05, 4.69) is 5.32 Å². The summed E-state index contributed by atoms with van der Waals surface area (Å²) >= 11 is 0. The van der Waals surface area contributed by atoms with Crippen LogP contribution in [-0.4, -0.2) is 30.1 Å². The summed E-state index contributed by atoms with van der Waals surface area (Å²) < 4.78 is 18.5. The molecule has 0 bridgehead atoms. The number of carbonyl (C=O) groups is 2. The summed E-state index contributed by atoms with van der Waals surface area (Å²) in [6, 6.07) is 3.79. The molecule has 0 aliphatic carbocycles. The van der Waals surface area contributed by atoms with Gasteiger partial charge in [-0.1, -0.05) is 0 Å². The SMILES string of the molecule is COc1ccc(C(=O)NC(C)CCCC(=O)O)c(F)c1. The summed E-state index contributed by atoms with van der Waals surface area (Å²) in [6.07, 6.45) is 1.04. The Morgan fingerprint density at radius 1 is 1.45 bits per heavy atom. The molecule has 0 aliphatic rings. The van der Waals surface area contributed by atoms with Gasteiger partial charge in [-0.15, -0.1) is 0 Å². The van der Waals surface area contributed by atoms with Crippen molar-refractivity contribution in [3.8, 4) is 5.75 Å². The van der Waals surface area contributed by atoms with Crippen molar-refractivity contribution in [3.05, 3.63) is 29.6 Å². The lowest BCUT2D eigenvalue weighted by Gasteiger charge is -2.14. The number of carbonyl (C=O) groups excluding carboxylic acids is 1. The van der Waals surface area contributed by atoms with Crippen molar-refractivity contribution >= 4 is 11.9 Å². The molecular formula is C14H18FNO4. The van der Waals surface area contributed by atoms with Crippen LogP contribution in [0.2, 0.25) is 0 Å². The molecule has 1 aromatic carbocycles. The summed E-state index contributed by atoms with van der Waals surface area (Å²) in [5.41, 5.74) is -0.0594. The first-order valence-electron chi connectivity index (χ1n) is 6.30. The Morgan fingerprint density at radius 3 is 2.70 bits per heavy atom. The number of ether oxygens (including phenoxy) is 1. The van der Waals surface area contributed by atoms with Crippen LogP contribution in [0, 0.1) is 5.82 Å². The van der Waals surface area contributed by atoms with Crippen molar-refractivity contribution in [1.29, 1.82) is 0 Å². The highest BCUT2D eigenvalue weighted by atomic mass is 19.1. The van der Waals surface area contributed by atoms with Gasteiger partial charge in [-0.3, -0.25) is 9.59 Å². The normalized spacial score (nSPS) is 11.8. The number of halogens is 1. The molecule has 20 heavy (non-hydrogen) atoms. The van der Waals surface area contributed by atoms with Crippen LogP contribution in [0.15, 0.2) is 18.2 Å². The predicted molar refractivity (Wildman–Crippen MR) is 71.4 cm³/mol. The van der Waals surface area contributed by atoms with Crippen LogP contribution in [0.4, 0.5) is 4.39 Å². The Morgan fingerprint density at radius 2 is 2.15 bits per heavy atom. The van der Waals surface area contributed by atoms with Crippen LogP contribution in [0.25, 0.3) is 0 Å². The number of benzene rings is 1. The van der Waals surface area contributed by atoms with Gasteiger partial charge in [-0.2, -0.15) is 0 Å². The summed E-state index contributed by atoms with van der Waals surface area (Å²) in [5, 5.41) is 11.2. The molecule has 1 rings (SSSR count). The lowest BCUT2D eigenvalue weighted by Crippen LogP contribution is -2.33. The fourth-order valence-corrected chi connectivity index (χ4v) is 1.74. The molecule has 1 atom stereocenters. The summed E-state index contributed by atoms with van der Waals surface area (Å²) in [5.74, 6) is -1.70. The van der Waals surface area contributed by atoms with Crippen molar-refractivity contribution in [3.63, 3.8) is 0 Å². The van der Waals surface area contributed by atoms with Crippen LogP contribution in [0.1, 0.15) is 36.5 Å². The molecule has 0 radical (unpaired) electrons. The average molecular weight is 283 g/mol. The van der Waals surface area contributed by atoms with Gasteiger partial charge in [-0.25, -0.2) is 4.39 Å². The van der Waals surface area contributed by atoms with Crippen molar-refractivity contribution in [2.45, 2.75) is 32.2 Å². The van der Waals surface area contributed by atoms with E-state index in [-0.39, 0.29) is 18.0 Å². The topological polar surface area (TPSA) is 75.6 Å². The fraction of sp³-hybridized carbons (Fsp3) is 0.429. The number of aliphatic carboxylic acids is 1. The molecule has 110 valence electrons. The van der Waals surface area contributed by atoms with Gasteiger partial charge in [0.2, 0.25) is 0 Å². The maximum atomic E-state index is 13.7.